The molecule has 3 N–H and O–H groups in total. The molecular formula is C11H14N2O3. The molecule has 16 heavy (non-hydrogen) atoms. The van der Waals surface area contributed by atoms with E-state index in [9.17, 15) is 9.59 Å². The van der Waals surface area contributed by atoms with E-state index >= 15 is 0 Å². The van der Waals surface area contributed by atoms with Crippen LogP contribution in [0.5, 0.6) is 5.75 Å². The molecule has 1 aromatic rings. The maximum atomic E-state index is 11.3. The van der Waals surface area contributed by atoms with Gasteiger partial charge in [0.1, 0.15) is 5.75 Å². The lowest BCUT2D eigenvalue weighted by molar-refractivity contribution is -0.123. The first-order valence-corrected chi connectivity index (χ1v) is 4.97. The van der Waals surface area contributed by atoms with Crippen LogP contribution in [0.3, 0.4) is 0 Å². The molecular weight excluding hydrogens is 208 g/mol. The molecule has 5 heteroatoms. The first-order chi connectivity index (χ1) is 7.61. The molecule has 0 aliphatic carbocycles. The Labute approximate surface area is 93.5 Å². The van der Waals surface area contributed by atoms with Gasteiger partial charge in [-0.25, -0.2) is 0 Å². The lowest BCUT2D eigenvalue weighted by Crippen LogP contribution is -2.32. The zero-order chi connectivity index (χ0) is 12.0. The Morgan fingerprint density at radius 1 is 1.19 bits per heavy atom. The van der Waals surface area contributed by atoms with E-state index in [1.165, 1.54) is 12.1 Å². The van der Waals surface area contributed by atoms with E-state index in [2.05, 4.69) is 10.6 Å². The minimum absolute atomic E-state index is 0.0481. The van der Waals surface area contributed by atoms with E-state index in [0.29, 0.717) is 12.1 Å². The number of rotatable bonds is 4. The summed E-state index contributed by atoms with van der Waals surface area (Å²) < 4.78 is 0. The van der Waals surface area contributed by atoms with E-state index in [1.54, 1.807) is 19.1 Å². The molecule has 0 atom stereocenters. The predicted octanol–water partition coefficient (Wildman–Crippen LogP) is 0.857. The summed E-state index contributed by atoms with van der Waals surface area (Å²) in [6, 6.07) is 6.10. The number of phenolic OH excluding ortho intramolecular Hbond substituents is 1. The third-order valence-corrected chi connectivity index (χ3v) is 1.92. The number of hydrogen-bond acceptors (Lipinski definition) is 3. The summed E-state index contributed by atoms with van der Waals surface area (Å²) >= 11 is 0. The van der Waals surface area contributed by atoms with Crippen molar-refractivity contribution in [1.82, 2.24) is 5.32 Å². The maximum Gasteiger partial charge on any atom is 0.243 e. The smallest absolute Gasteiger partial charge is 0.243 e. The number of carbonyl (C=O) groups excluding carboxylic acids is 2. The molecule has 0 heterocycles. The molecule has 0 saturated heterocycles. The van der Waals surface area contributed by atoms with E-state index < -0.39 is 0 Å². The standard InChI is InChI=1S/C11H14N2O3/c1-2-10(15)12-7-11(16)13-8-3-5-9(14)6-4-8/h3-6,14H,2,7H2,1H3,(H,12,15)(H,13,16). The summed E-state index contributed by atoms with van der Waals surface area (Å²) in [5.41, 5.74) is 0.577. The Hall–Kier alpha value is -2.04. The number of phenols is 1. The van der Waals surface area contributed by atoms with Crippen molar-refractivity contribution in [3.05, 3.63) is 24.3 Å². The zero-order valence-corrected chi connectivity index (χ0v) is 8.99. The Bertz CT molecular complexity index is 373. The quantitative estimate of drug-likeness (QED) is 0.661. The normalized spacial score (nSPS) is 9.56. The number of anilines is 1. The third-order valence-electron chi connectivity index (χ3n) is 1.92. The average Bonchev–Trinajstić information content (AvgIpc) is 2.29. The SMILES string of the molecule is CCC(=O)NCC(=O)Nc1ccc(O)cc1. The number of benzene rings is 1. The molecule has 2 amide bonds. The van der Waals surface area contributed by atoms with E-state index in [0.717, 1.165) is 0 Å². The van der Waals surface area contributed by atoms with Gasteiger partial charge < -0.3 is 15.7 Å². The van der Waals surface area contributed by atoms with Crippen LogP contribution in [0.2, 0.25) is 0 Å². The topological polar surface area (TPSA) is 78.4 Å². The fourth-order valence-corrected chi connectivity index (χ4v) is 1.05. The van der Waals surface area contributed by atoms with E-state index in [1.807, 2.05) is 0 Å². The lowest BCUT2D eigenvalue weighted by atomic mass is 10.3. The monoisotopic (exact) mass is 222 g/mol. The molecule has 0 fully saturated rings. The largest absolute Gasteiger partial charge is 0.508 e. The summed E-state index contributed by atoms with van der Waals surface area (Å²) in [4.78, 5) is 22.2. The number of aromatic hydroxyl groups is 1. The first-order valence-electron chi connectivity index (χ1n) is 4.97. The highest BCUT2D eigenvalue weighted by Crippen LogP contribution is 2.13. The highest BCUT2D eigenvalue weighted by atomic mass is 16.3. The minimum Gasteiger partial charge on any atom is -0.508 e. The highest BCUT2D eigenvalue weighted by molar-refractivity contribution is 5.94. The molecule has 1 aromatic carbocycles. The van der Waals surface area contributed by atoms with Crippen molar-refractivity contribution in [3.8, 4) is 5.75 Å². The molecule has 0 aliphatic rings. The molecule has 0 spiro atoms. The van der Waals surface area contributed by atoms with Crippen LogP contribution >= 0.6 is 0 Å². The average molecular weight is 222 g/mol. The molecule has 0 saturated carbocycles. The van der Waals surface area contributed by atoms with Gasteiger partial charge in [-0.3, -0.25) is 9.59 Å². The second-order valence-electron chi connectivity index (χ2n) is 3.23. The van der Waals surface area contributed by atoms with Gasteiger partial charge in [0.15, 0.2) is 0 Å². The van der Waals surface area contributed by atoms with Crippen LogP contribution in [0.1, 0.15) is 13.3 Å². The number of carbonyl (C=O) groups is 2. The summed E-state index contributed by atoms with van der Waals surface area (Å²) in [5.74, 6) is -0.328. The molecule has 0 radical (unpaired) electrons. The van der Waals surface area contributed by atoms with Gasteiger partial charge in [-0.2, -0.15) is 0 Å². The van der Waals surface area contributed by atoms with Crippen LogP contribution in [0, 0.1) is 0 Å². The Morgan fingerprint density at radius 2 is 1.81 bits per heavy atom. The van der Waals surface area contributed by atoms with Crippen LogP contribution in [0.4, 0.5) is 5.69 Å². The number of nitrogens with one attached hydrogen (secondary N) is 2. The molecule has 0 unspecified atom stereocenters. The van der Waals surface area contributed by atoms with E-state index in [-0.39, 0.29) is 24.1 Å². The molecule has 1 rings (SSSR count). The van der Waals surface area contributed by atoms with Crippen LogP contribution in [-0.4, -0.2) is 23.5 Å². The van der Waals surface area contributed by atoms with Crippen LogP contribution in [0.25, 0.3) is 0 Å². The van der Waals surface area contributed by atoms with Gasteiger partial charge in [0.05, 0.1) is 6.54 Å². The van der Waals surface area contributed by atoms with Crippen molar-refractivity contribution in [2.45, 2.75) is 13.3 Å². The molecule has 5 nitrogen and oxygen atoms in total. The Balaban J connectivity index is 2.40. The van der Waals surface area contributed by atoms with Gasteiger partial charge in [0.2, 0.25) is 11.8 Å². The summed E-state index contributed by atoms with van der Waals surface area (Å²) in [7, 11) is 0. The van der Waals surface area contributed by atoms with Gasteiger partial charge in [-0.05, 0) is 24.3 Å². The van der Waals surface area contributed by atoms with Crippen LogP contribution < -0.4 is 10.6 Å². The maximum absolute atomic E-state index is 11.3. The Morgan fingerprint density at radius 3 is 2.38 bits per heavy atom. The van der Waals surface area contributed by atoms with Gasteiger partial charge in [-0.1, -0.05) is 6.92 Å². The third kappa shape index (κ3) is 4.00. The van der Waals surface area contributed by atoms with Gasteiger partial charge >= 0.3 is 0 Å². The first kappa shape index (κ1) is 12.0. The van der Waals surface area contributed by atoms with Crippen LogP contribution in [0.15, 0.2) is 24.3 Å². The van der Waals surface area contributed by atoms with Crippen molar-refractivity contribution in [2.75, 3.05) is 11.9 Å². The van der Waals surface area contributed by atoms with Gasteiger partial charge in [0, 0.05) is 12.1 Å². The van der Waals surface area contributed by atoms with Gasteiger partial charge in [-0.15, -0.1) is 0 Å². The molecule has 86 valence electrons. The predicted molar refractivity (Wildman–Crippen MR) is 60.0 cm³/mol. The summed E-state index contributed by atoms with van der Waals surface area (Å²) in [5, 5.41) is 14.1. The van der Waals surface area contributed by atoms with E-state index in [4.69, 9.17) is 5.11 Å². The van der Waals surface area contributed by atoms with Crippen molar-refractivity contribution in [3.63, 3.8) is 0 Å². The van der Waals surface area contributed by atoms with Crippen molar-refractivity contribution >= 4 is 17.5 Å². The molecule has 0 bridgehead atoms. The second-order valence-corrected chi connectivity index (χ2v) is 3.23. The van der Waals surface area contributed by atoms with Gasteiger partial charge in [0.25, 0.3) is 0 Å². The minimum atomic E-state index is -0.299. The highest BCUT2D eigenvalue weighted by Gasteiger charge is 2.03. The molecule has 0 aromatic heterocycles. The fourth-order valence-electron chi connectivity index (χ4n) is 1.05. The summed E-state index contributed by atoms with van der Waals surface area (Å²) in [6.45, 7) is 1.67. The number of amides is 2. The zero-order valence-electron chi connectivity index (χ0n) is 8.99. The van der Waals surface area contributed by atoms with Crippen LogP contribution in [-0.2, 0) is 9.59 Å². The van der Waals surface area contributed by atoms with Crippen molar-refractivity contribution in [1.29, 1.82) is 0 Å². The molecule has 0 aliphatic heterocycles. The summed E-state index contributed by atoms with van der Waals surface area (Å²) in [6.07, 6.45) is 0.354. The lowest BCUT2D eigenvalue weighted by Gasteiger charge is -2.06. The fraction of sp³-hybridized carbons (Fsp3) is 0.273. The number of hydrogen-bond donors (Lipinski definition) is 3. The Kier molecular flexibility index (Phi) is 4.32. The van der Waals surface area contributed by atoms with Crippen molar-refractivity contribution < 1.29 is 14.7 Å². The second kappa shape index (κ2) is 5.75. The van der Waals surface area contributed by atoms with Crippen molar-refractivity contribution in [2.24, 2.45) is 0 Å².